The monoisotopic (exact) mass is 326 g/mol. The van der Waals surface area contributed by atoms with E-state index in [0.717, 1.165) is 10.0 Å². The number of benzene rings is 1. The van der Waals surface area contributed by atoms with E-state index in [9.17, 15) is 0 Å². The number of hydrogen-bond donors (Lipinski definition) is 1. The molecule has 0 atom stereocenters. The van der Waals surface area contributed by atoms with Crippen LogP contribution in [-0.4, -0.2) is 18.4 Å². The number of anilines is 1. The van der Waals surface area contributed by atoms with Crippen molar-refractivity contribution in [1.29, 1.82) is 0 Å². The topological polar surface area (TPSA) is 70.5 Å². The molecule has 2 rings (SSSR count). The predicted molar refractivity (Wildman–Crippen MR) is 76.4 cm³/mol. The molecule has 0 saturated carbocycles. The lowest BCUT2D eigenvalue weighted by Gasteiger charge is -2.17. The molecule has 0 saturated heterocycles. The first kappa shape index (κ1) is 13.7. The highest BCUT2D eigenvalue weighted by molar-refractivity contribution is 9.10. The average Bonchev–Trinajstić information content (AvgIpc) is 2.75. The van der Waals surface area contributed by atoms with Gasteiger partial charge in [-0.3, -0.25) is 0 Å². The molecule has 2 aromatic rings. The standard InChI is InChI=1S/C13H15BrN2O3/c1-7(2)18-13-9(17-3)5-4-8(14)12(13)10-6-11(15)16-19-10/h4-7H,1-3H3,(H2,15,16). The van der Waals surface area contributed by atoms with Crippen LogP contribution in [0.25, 0.3) is 11.3 Å². The van der Waals surface area contributed by atoms with Crippen molar-refractivity contribution in [2.75, 3.05) is 12.8 Å². The Bertz CT molecular complexity index is 581. The minimum atomic E-state index is 0.00205. The van der Waals surface area contributed by atoms with Crippen molar-refractivity contribution in [2.24, 2.45) is 0 Å². The van der Waals surface area contributed by atoms with Gasteiger partial charge in [-0.2, -0.15) is 0 Å². The largest absolute Gasteiger partial charge is 0.493 e. The molecule has 0 aliphatic rings. The number of halogens is 1. The minimum absolute atomic E-state index is 0.00205. The molecule has 0 amide bonds. The van der Waals surface area contributed by atoms with Crippen LogP contribution in [0.2, 0.25) is 0 Å². The number of nitrogen functional groups attached to an aromatic ring is 1. The second kappa shape index (κ2) is 5.52. The van der Waals surface area contributed by atoms with Crippen LogP contribution in [0, 0.1) is 0 Å². The van der Waals surface area contributed by atoms with E-state index in [4.69, 9.17) is 19.7 Å². The molecule has 1 heterocycles. The summed E-state index contributed by atoms with van der Waals surface area (Å²) in [7, 11) is 1.59. The number of rotatable bonds is 4. The second-order valence-electron chi connectivity index (χ2n) is 4.24. The maximum atomic E-state index is 5.83. The summed E-state index contributed by atoms with van der Waals surface area (Å²) >= 11 is 3.48. The predicted octanol–water partition coefficient (Wildman–Crippen LogP) is 3.48. The van der Waals surface area contributed by atoms with Crippen LogP contribution in [0.5, 0.6) is 11.5 Å². The Hall–Kier alpha value is -1.69. The number of aromatic nitrogens is 1. The molecule has 5 nitrogen and oxygen atoms in total. The quantitative estimate of drug-likeness (QED) is 0.931. The van der Waals surface area contributed by atoms with Gasteiger partial charge in [0.2, 0.25) is 0 Å². The van der Waals surface area contributed by atoms with Crippen LogP contribution in [0.4, 0.5) is 5.82 Å². The molecule has 1 aromatic carbocycles. The molecule has 0 radical (unpaired) electrons. The smallest absolute Gasteiger partial charge is 0.174 e. The lowest BCUT2D eigenvalue weighted by Crippen LogP contribution is -2.08. The third-order valence-electron chi connectivity index (χ3n) is 2.42. The van der Waals surface area contributed by atoms with Gasteiger partial charge in [0.05, 0.1) is 18.8 Å². The second-order valence-corrected chi connectivity index (χ2v) is 5.09. The summed E-state index contributed by atoms with van der Waals surface area (Å²) in [6.45, 7) is 3.89. The van der Waals surface area contributed by atoms with E-state index in [0.29, 0.717) is 23.1 Å². The van der Waals surface area contributed by atoms with Crippen molar-refractivity contribution in [3.63, 3.8) is 0 Å². The Balaban J connectivity index is 2.62. The highest BCUT2D eigenvalue weighted by atomic mass is 79.9. The fourth-order valence-electron chi connectivity index (χ4n) is 1.69. The molecule has 0 spiro atoms. The van der Waals surface area contributed by atoms with E-state index in [-0.39, 0.29) is 6.10 Å². The number of nitrogens with two attached hydrogens (primary N) is 1. The van der Waals surface area contributed by atoms with Crippen LogP contribution in [0.15, 0.2) is 27.2 Å². The number of ether oxygens (including phenoxy) is 2. The zero-order valence-corrected chi connectivity index (χ0v) is 12.5. The van der Waals surface area contributed by atoms with Crippen LogP contribution in [-0.2, 0) is 0 Å². The first-order chi connectivity index (χ1) is 9.02. The molecule has 102 valence electrons. The highest BCUT2D eigenvalue weighted by Gasteiger charge is 2.20. The lowest BCUT2D eigenvalue weighted by atomic mass is 10.1. The Morgan fingerprint density at radius 1 is 1.37 bits per heavy atom. The third kappa shape index (κ3) is 2.84. The normalized spacial score (nSPS) is 10.8. The van der Waals surface area contributed by atoms with Crippen LogP contribution in [0.1, 0.15) is 13.8 Å². The molecule has 2 N–H and O–H groups in total. The van der Waals surface area contributed by atoms with Gasteiger partial charge >= 0.3 is 0 Å². The Morgan fingerprint density at radius 2 is 2.11 bits per heavy atom. The Kier molecular flexibility index (Phi) is 3.99. The van der Waals surface area contributed by atoms with Crippen molar-refractivity contribution < 1.29 is 14.0 Å². The first-order valence-electron chi connectivity index (χ1n) is 5.78. The number of methoxy groups -OCH3 is 1. The Morgan fingerprint density at radius 3 is 2.63 bits per heavy atom. The lowest BCUT2D eigenvalue weighted by molar-refractivity contribution is 0.230. The summed E-state index contributed by atoms with van der Waals surface area (Å²) in [6, 6.07) is 5.33. The molecule has 19 heavy (non-hydrogen) atoms. The zero-order chi connectivity index (χ0) is 14.0. The van der Waals surface area contributed by atoms with Gasteiger partial charge in [0.1, 0.15) is 0 Å². The number of nitrogens with zero attached hydrogens (tertiary/aromatic N) is 1. The van der Waals surface area contributed by atoms with E-state index in [1.807, 2.05) is 26.0 Å². The number of hydrogen-bond acceptors (Lipinski definition) is 5. The van der Waals surface area contributed by atoms with Gasteiger partial charge in [0.15, 0.2) is 23.1 Å². The summed E-state index contributed by atoms with van der Waals surface area (Å²) in [5.74, 6) is 2.07. The Labute approximate surface area is 119 Å². The minimum Gasteiger partial charge on any atom is -0.493 e. The van der Waals surface area contributed by atoms with Gasteiger partial charge < -0.3 is 19.7 Å². The molecular formula is C13H15BrN2O3. The molecule has 6 heteroatoms. The van der Waals surface area contributed by atoms with Gasteiger partial charge in [-0.15, -0.1) is 0 Å². The van der Waals surface area contributed by atoms with E-state index in [1.165, 1.54) is 0 Å². The van der Waals surface area contributed by atoms with Crippen molar-refractivity contribution in [3.8, 4) is 22.8 Å². The van der Waals surface area contributed by atoms with E-state index >= 15 is 0 Å². The van der Waals surface area contributed by atoms with Gasteiger partial charge in [-0.1, -0.05) is 5.16 Å². The van der Waals surface area contributed by atoms with Gasteiger partial charge in [0.25, 0.3) is 0 Å². The van der Waals surface area contributed by atoms with Crippen LogP contribution in [0.3, 0.4) is 0 Å². The van der Waals surface area contributed by atoms with Crippen molar-refractivity contribution >= 4 is 21.7 Å². The van der Waals surface area contributed by atoms with Crippen molar-refractivity contribution in [3.05, 3.63) is 22.7 Å². The summed E-state index contributed by atoms with van der Waals surface area (Å²) in [5.41, 5.74) is 6.33. The summed E-state index contributed by atoms with van der Waals surface area (Å²) < 4.78 is 17.2. The van der Waals surface area contributed by atoms with Crippen molar-refractivity contribution in [1.82, 2.24) is 5.16 Å². The maximum absolute atomic E-state index is 5.83. The molecule has 1 aromatic heterocycles. The SMILES string of the molecule is COc1ccc(Br)c(-c2cc(N)no2)c1OC(C)C. The molecule has 0 unspecified atom stereocenters. The van der Waals surface area contributed by atoms with Crippen molar-refractivity contribution in [2.45, 2.75) is 20.0 Å². The zero-order valence-electron chi connectivity index (χ0n) is 10.9. The fourth-order valence-corrected chi connectivity index (χ4v) is 2.20. The van der Waals surface area contributed by atoms with Gasteiger partial charge in [-0.25, -0.2) is 0 Å². The van der Waals surface area contributed by atoms with E-state index in [1.54, 1.807) is 13.2 Å². The maximum Gasteiger partial charge on any atom is 0.174 e. The molecule has 0 bridgehead atoms. The summed E-state index contributed by atoms with van der Waals surface area (Å²) in [4.78, 5) is 0. The van der Waals surface area contributed by atoms with Crippen LogP contribution >= 0.6 is 15.9 Å². The summed E-state index contributed by atoms with van der Waals surface area (Å²) in [6.07, 6.45) is 0.00205. The molecule has 0 aliphatic carbocycles. The fraction of sp³-hybridized carbons (Fsp3) is 0.308. The van der Waals surface area contributed by atoms with Gasteiger partial charge in [0, 0.05) is 10.5 Å². The summed E-state index contributed by atoms with van der Waals surface area (Å²) in [5, 5.41) is 3.70. The third-order valence-corrected chi connectivity index (χ3v) is 3.08. The molecule has 0 aliphatic heterocycles. The van der Waals surface area contributed by atoms with Gasteiger partial charge in [-0.05, 0) is 41.9 Å². The first-order valence-corrected chi connectivity index (χ1v) is 6.58. The van der Waals surface area contributed by atoms with E-state index < -0.39 is 0 Å². The van der Waals surface area contributed by atoms with E-state index in [2.05, 4.69) is 21.1 Å². The average molecular weight is 327 g/mol. The molecule has 0 fully saturated rings. The molecular weight excluding hydrogens is 312 g/mol. The van der Waals surface area contributed by atoms with Crippen LogP contribution < -0.4 is 15.2 Å². The highest BCUT2D eigenvalue weighted by Crippen LogP contribution is 2.43.